The van der Waals surface area contributed by atoms with E-state index in [0.29, 0.717) is 6.29 Å². The number of aromatic hydroxyl groups is 2. The molecule has 0 spiro atoms. The Bertz CT molecular complexity index is 581. The Labute approximate surface area is 116 Å². The molecule has 0 radical (unpaired) electrons. The molecule has 0 aliphatic carbocycles. The molecule has 2 rings (SSSR count). The van der Waals surface area contributed by atoms with Crippen LogP contribution in [0, 0.1) is 0 Å². The van der Waals surface area contributed by atoms with Gasteiger partial charge in [-0.2, -0.15) is 0 Å². The van der Waals surface area contributed by atoms with Gasteiger partial charge < -0.3 is 19.7 Å². The minimum Gasteiger partial charge on any atom is -0.504 e. The number of aldehydes is 1. The zero-order valence-electron chi connectivity index (χ0n) is 10.9. The number of hydrogen-bond acceptors (Lipinski definition) is 5. The van der Waals surface area contributed by atoms with Crippen molar-refractivity contribution in [2.24, 2.45) is 0 Å². The number of rotatable bonds is 5. The van der Waals surface area contributed by atoms with Crippen LogP contribution in [0.1, 0.15) is 15.9 Å². The molecule has 0 bridgehead atoms. The summed E-state index contributed by atoms with van der Waals surface area (Å²) in [5.41, 5.74) is 1.03. The number of phenolic OH excluding ortho intramolecular Hbond substituents is 2. The molecule has 0 fully saturated rings. The Hall–Kier alpha value is -2.69. The SMILES string of the molecule is COc1ccc(COc2c(O)cc(C=O)cc2O)cc1. The minimum absolute atomic E-state index is 0.0496. The van der Waals surface area contributed by atoms with Gasteiger partial charge in [-0.1, -0.05) is 12.1 Å². The normalized spacial score (nSPS) is 10.1. The van der Waals surface area contributed by atoms with Crippen molar-refractivity contribution in [3.8, 4) is 23.0 Å². The van der Waals surface area contributed by atoms with Crippen molar-refractivity contribution in [2.75, 3.05) is 7.11 Å². The van der Waals surface area contributed by atoms with Crippen LogP contribution < -0.4 is 9.47 Å². The van der Waals surface area contributed by atoms with E-state index in [1.165, 1.54) is 12.1 Å². The van der Waals surface area contributed by atoms with Crippen LogP contribution in [0.4, 0.5) is 0 Å². The number of carbonyl (C=O) groups is 1. The first-order chi connectivity index (χ1) is 9.63. The molecule has 0 aliphatic heterocycles. The maximum absolute atomic E-state index is 10.6. The van der Waals surface area contributed by atoms with Gasteiger partial charge in [0.05, 0.1) is 7.11 Å². The van der Waals surface area contributed by atoms with Crippen LogP contribution in [0.3, 0.4) is 0 Å². The molecule has 0 unspecified atom stereocenters. The molecule has 0 amide bonds. The van der Waals surface area contributed by atoms with Crippen molar-refractivity contribution < 1.29 is 24.5 Å². The second-order valence-corrected chi connectivity index (χ2v) is 4.14. The molecule has 20 heavy (non-hydrogen) atoms. The monoisotopic (exact) mass is 274 g/mol. The first kappa shape index (κ1) is 13.7. The van der Waals surface area contributed by atoms with Crippen LogP contribution in [0.2, 0.25) is 0 Å². The van der Waals surface area contributed by atoms with E-state index in [4.69, 9.17) is 9.47 Å². The van der Waals surface area contributed by atoms with Crippen molar-refractivity contribution in [2.45, 2.75) is 6.61 Å². The fraction of sp³-hybridized carbons (Fsp3) is 0.133. The lowest BCUT2D eigenvalue weighted by molar-refractivity contribution is 0.112. The van der Waals surface area contributed by atoms with Gasteiger partial charge in [0.15, 0.2) is 11.5 Å². The first-order valence-corrected chi connectivity index (χ1v) is 5.91. The van der Waals surface area contributed by atoms with E-state index < -0.39 is 0 Å². The van der Waals surface area contributed by atoms with E-state index in [0.717, 1.165) is 11.3 Å². The fourth-order valence-electron chi connectivity index (χ4n) is 1.71. The van der Waals surface area contributed by atoms with Gasteiger partial charge in [0.25, 0.3) is 0 Å². The second-order valence-electron chi connectivity index (χ2n) is 4.14. The van der Waals surface area contributed by atoms with E-state index in [9.17, 15) is 15.0 Å². The molecule has 2 N–H and O–H groups in total. The topological polar surface area (TPSA) is 76.0 Å². The van der Waals surface area contributed by atoms with Crippen LogP contribution in [0.25, 0.3) is 0 Å². The fourth-order valence-corrected chi connectivity index (χ4v) is 1.71. The van der Waals surface area contributed by atoms with Crippen LogP contribution in [-0.4, -0.2) is 23.6 Å². The van der Waals surface area contributed by atoms with Crippen molar-refractivity contribution >= 4 is 6.29 Å². The molecule has 2 aromatic rings. The van der Waals surface area contributed by atoms with Crippen molar-refractivity contribution in [1.82, 2.24) is 0 Å². The molecule has 0 aromatic heterocycles. The number of benzene rings is 2. The lowest BCUT2D eigenvalue weighted by Gasteiger charge is -2.10. The maximum atomic E-state index is 10.6. The van der Waals surface area contributed by atoms with E-state index in [-0.39, 0.29) is 29.4 Å². The molecule has 0 atom stereocenters. The lowest BCUT2D eigenvalue weighted by Crippen LogP contribution is -1.97. The molecule has 0 saturated carbocycles. The Morgan fingerprint density at radius 3 is 2.20 bits per heavy atom. The lowest BCUT2D eigenvalue weighted by atomic mass is 10.2. The molecule has 104 valence electrons. The van der Waals surface area contributed by atoms with E-state index in [1.807, 2.05) is 12.1 Å². The summed E-state index contributed by atoms with van der Waals surface area (Å²) < 4.78 is 10.4. The quantitative estimate of drug-likeness (QED) is 0.819. The molecule has 5 heteroatoms. The van der Waals surface area contributed by atoms with Crippen LogP contribution in [0.5, 0.6) is 23.0 Å². The summed E-state index contributed by atoms with van der Waals surface area (Å²) in [7, 11) is 1.58. The minimum atomic E-state index is -0.277. The number of carbonyl (C=O) groups excluding carboxylic acids is 1. The third-order valence-electron chi connectivity index (χ3n) is 2.75. The summed E-state index contributed by atoms with van der Waals surface area (Å²) in [5.74, 6) is 0.127. The zero-order chi connectivity index (χ0) is 14.5. The van der Waals surface area contributed by atoms with Crippen LogP contribution in [-0.2, 0) is 6.61 Å². The predicted octanol–water partition coefficient (Wildman–Crippen LogP) is 2.50. The average molecular weight is 274 g/mol. The number of methoxy groups -OCH3 is 1. The summed E-state index contributed by atoms with van der Waals surface area (Å²) >= 11 is 0. The summed E-state index contributed by atoms with van der Waals surface area (Å²) in [4.78, 5) is 10.6. The zero-order valence-corrected chi connectivity index (χ0v) is 10.9. The van der Waals surface area contributed by atoms with Gasteiger partial charge in [-0.3, -0.25) is 4.79 Å². The highest BCUT2D eigenvalue weighted by Gasteiger charge is 2.11. The van der Waals surface area contributed by atoms with Gasteiger partial charge in [0.2, 0.25) is 5.75 Å². The Morgan fingerprint density at radius 2 is 1.70 bits per heavy atom. The average Bonchev–Trinajstić information content (AvgIpc) is 2.46. The third kappa shape index (κ3) is 3.00. The van der Waals surface area contributed by atoms with Gasteiger partial charge in [-0.25, -0.2) is 0 Å². The molecule has 0 heterocycles. The molecular weight excluding hydrogens is 260 g/mol. The van der Waals surface area contributed by atoms with Gasteiger partial charge >= 0.3 is 0 Å². The summed E-state index contributed by atoms with van der Waals surface area (Å²) in [6, 6.07) is 9.66. The Morgan fingerprint density at radius 1 is 1.10 bits per heavy atom. The largest absolute Gasteiger partial charge is 0.504 e. The number of hydrogen-bond donors (Lipinski definition) is 2. The second kappa shape index (κ2) is 5.97. The van der Waals surface area contributed by atoms with Gasteiger partial charge in [-0.15, -0.1) is 0 Å². The summed E-state index contributed by atoms with van der Waals surface area (Å²) in [5, 5.41) is 19.4. The van der Waals surface area contributed by atoms with Crippen molar-refractivity contribution in [1.29, 1.82) is 0 Å². The van der Waals surface area contributed by atoms with E-state index >= 15 is 0 Å². The number of ether oxygens (including phenoxy) is 2. The molecule has 0 aliphatic rings. The van der Waals surface area contributed by atoms with Crippen molar-refractivity contribution in [3.63, 3.8) is 0 Å². The van der Waals surface area contributed by atoms with Crippen LogP contribution in [0.15, 0.2) is 36.4 Å². The highest BCUT2D eigenvalue weighted by molar-refractivity contribution is 5.78. The summed E-state index contributed by atoms with van der Waals surface area (Å²) in [6.45, 7) is 0.172. The Kier molecular flexibility index (Phi) is 4.10. The number of phenols is 2. The van der Waals surface area contributed by atoms with Crippen molar-refractivity contribution in [3.05, 3.63) is 47.5 Å². The smallest absolute Gasteiger partial charge is 0.203 e. The van der Waals surface area contributed by atoms with Gasteiger partial charge in [0, 0.05) is 5.56 Å². The van der Waals surface area contributed by atoms with Crippen LogP contribution >= 0.6 is 0 Å². The third-order valence-corrected chi connectivity index (χ3v) is 2.75. The van der Waals surface area contributed by atoms with E-state index in [2.05, 4.69) is 0 Å². The highest BCUT2D eigenvalue weighted by atomic mass is 16.5. The Balaban J connectivity index is 2.12. The molecule has 2 aromatic carbocycles. The molecule has 5 nitrogen and oxygen atoms in total. The molecule has 0 saturated heterocycles. The summed E-state index contributed by atoms with van der Waals surface area (Å²) in [6.07, 6.45) is 0.534. The van der Waals surface area contributed by atoms with Gasteiger partial charge in [-0.05, 0) is 29.8 Å². The first-order valence-electron chi connectivity index (χ1n) is 5.91. The van der Waals surface area contributed by atoms with E-state index in [1.54, 1.807) is 19.2 Å². The maximum Gasteiger partial charge on any atom is 0.203 e. The predicted molar refractivity (Wildman–Crippen MR) is 72.5 cm³/mol. The standard InChI is InChI=1S/C15H14O5/c1-19-12-4-2-10(3-5-12)9-20-15-13(17)6-11(8-16)7-14(15)18/h2-8,17-18H,9H2,1H3. The van der Waals surface area contributed by atoms with Gasteiger partial charge in [0.1, 0.15) is 18.6 Å². The highest BCUT2D eigenvalue weighted by Crippen LogP contribution is 2.37. The molecular formula is C15H14O5.